The summed E-state index contributed by atoms with van der Waals surface area (Å²) in [5, 5.41) is 0. The van der Waals surface area contributed by atoms with E-state index in [4.69, 9.17) is 5.73 Å². The Balaban J connectivity index is 2.85. The third kappa shape index (κ3) is 1.54. The number of hydrogen-bond acceptors (Lipinski definition) is 1. The molecular weight excluding hydrogens is 110 g/mol. The van der Waals surface area contributed by atoms with Gasteiger partial charge in [0.05, 0.1) is 0 Å². The van der Waals surface area contributed by atoms with Crippen LogP contribution in [-0.2, 0) is 0 Å². The van der Waals surface area contributed by atoms with Crippen molar-refractivity contribution in [3.63, 3.8) is 0 Å². The number of rotatable bonds is 1. The predicted molar refractivity (Wildman–Crippen MR) is 38.7 cm³/mol. The highest BCUT2D eigenvalue weighted by Crippen LogP contribution is 2.05. The lowest BCUT2D eigenvalue weighted by Crippen LogP contribution is -2.04. The summed E-state index contributed by atoms with van der Waals surface area (Å²) in [7, 11) is 0. The maximum Gasteiger partial charge on any atom is 0.0295 e. The monoisotopic (exact) mass is 120 g/mol. The van der Waals surface area contributed by atoms with Gasteiger partial charge in [0.2, 0.25) is 0 Å². The van der Waals surface area contributed by atoms with E-state index >= 15 is 0 Å². The van der Waals surface area contributed by atoms with E-state index in [1.54, 1.807) is 0 Å². The summed E-state index contributed by atoms with van der Waals surface area (Å²) in [6.45, 7) is 3.69. The molecule has 1 unspecified atom stereocenters. The molecule has 1 rings (SSSR count). The maximum atomic E-state index is 5.50. The molecule has 9 heavy (non-hydrogen) atoms. The standard InChI is InChI=1S/C8H10N/c1-7(9)8-5-3-2-4-6-8/h2-7H,1,9H2. The van der Waals surface area contributed by atoms with Crippen LogP contribution in [0.4, 0.5) is 0 Å². The largest absolute Gasteiger partial charge is 0.324 e. The highest BCUT2D eigenvalue weighted by molar-refractivity contribution is 5.18. The highest BCUT2D eigenvalue weighted by atomic mass is 14.6. The minimum Gasteiger partial charge on any atom is -0.324 e. The first-order chi connectivity index (χ1) is 4.30. The third-order valence-corrected chi connectivity index (χ3v) is 1.23. The Bertz CT molecular complexity index is 167. The average Bonchev–Trinajstić information content (AvgIpc) is 1.90. The molecule has 0 spiro atoms. The first-order valence-electron chi connectivity index (χ1n) is 2.94. The molecule has 0 bridgehead atoms. The molecule has 1 radical (unpaired) electrons. The molecule has 0 aromatic heterocycles. The summed E-state index contributed by atoms with van der Waals surface area (Å²) in [5.74, 6) is 0. The molecule has 0 aliphatic heterocycles. The summed E-state index contributed by atoms with van der Waals surface area (Å²) in [6, 6.07) is 9.73. The zero-order valence-electron chi connectivity index (χ0n) is 5.25. The molecule has 2 N–H and O–H groups in total. The fourth-order valence-corrected chi connectivity index (χ4v) is 0.700. The van der Waals surface area contributed by atoms with Crippen LogP contribution in [0.15, 0.2) is 30.3 Å². The molecule has 1 heteroatoms. The van der Waals surface area contributed by atoms with Gasteiger partial charge in [-0.05, 0) is 12.5 Å². The van der Waals surface area contributed by atoms with Gasteiger partial charge in [-0.2, -0.15) is 0 Å². The quantitative estimate of drug-likeness (QED) is 0.597. The van der Waals surface area contributed by atoms with Crippen molar-refractivity contribution >= 4 is 0 Å². The van der Waals surface area contributed by atoms with Gasteiger partial charge < -0.3 is 5.73 Å². The summed E-state index contributed by atoms with van der Waals surface area (Å²) >= 11 is 0. The van der Waals surface area contributed by atoms with Crippen LogP contribution < -0.4 is 5.73 Å². The Labute approximate surface area is 55.5 Å². The minimum absolute atomic E-state index is 0.0915. The van der Waals surface area contributed by atoms with Crippen molar-refractivity contribution in [1.29, 1.82) is 0 Å². The Morgan fingerprint density at radius 1 is 1.22 bits per heavy atom. The van der Waals surface area contributed by atoms with E-state index in [0.717, 1.165) is 5.56 Å². The van der Waals surface area contributed by atoms with Gasteiger partial charge in [-0.3, -0.25) is 0 Å². The molecule has 0 amide bonds. The van der Waals surface area contributed by atoms with E-state index < -0.39 is 0 Å². The Morgan fingerprint density at radius 2 is 1.78 bits per heavy atom. The molecular formula is C8H10N. The lowest BCUT2D eigenvalue weighted by Gasteiger charge is -2.01. The molecule has 0 aliphatic rings. The predicted octanol–water partition coefficient (Wildman–Crippen LogP) is 1.52. The first-order valence-corrected chi connectivity index (χ1v) is 2.94. The Hall–Kier alpha value is -0.820. The van der Waals surface area contributed by atoms with Gasteiger partial charge in [0.15, 0.2) is 0 Å². The normalized spacial score (nSPS) is 13.1. The van der Waals surface area contributed by atoms with E-state index in [1.165, 1.54) is 0 Å². The third-order valence-electron chi connectivity index (χ3n) is 1.23. The van der Waals surface area contributed by atoms with Crippen molar-refractivity contribution < 1.29 is 0 Å². The van der Waals surface area contributed by atoms with Crippen molar-refractivity contribution in [2.24, 2.45) is 5.73 Å². The number of benzene rings is 1. The van der Waals surface area contributed by atoms with Crippen molar-refractivity contribution in [3.05, 3.63) is 42.8 Å². The van der Waals surface area contributed by atoms with Crippen LogP contribution in [-0.4, -0.2) is 0 Å². The van der Waals surface area contributed by atoms with Gasteiger partial charge in [0.25, 0.3) is 0 Å². The number of hydrogen-bond donors (Lipinski definition) is 1. The maximum absolute atomic E-state index is 5.50. The van der Waals surface area contributed by atoms with Crippen LogP contribution in [0.25, 0.3) is 0 Å². The lowest BCUT2D eigenvalue weighted by molar-refractivity contribution is 0.908. The van der Waals surface area contributed by atoms with E-state index in [9.17, 15) is 0 Å². The smallest absolute Gasteiger partial charge is 0.0295 e. The molecule has 0 fully saturated rings. The summed E-state index contributed by atoms with van der Waals surface area (Å²) < 4.78 is 0. The second-order valence-corrected chi connectivity index (χ2v) is 2.02. The molecule has 1 atom stereocenters. The number of nitrogens with two attached hydrogens (primary N) is 1. The van der Waals surface area contributed by atoms with E-state index in [2.05, 4.69) is 6.92 Å². The van der Waals surface area contributed by atoms with Gasteiger partial charge >= 0.3 is 0 Å². The molecule has 1 aromatic carbocycles. The molecule has 0 saturated heterocycles. The molecule has 1 aromatic rings. The molecule has 0 heterocycles. The zero-order valence-corrected chi connectivity index (χ0v) is 5.25. The van der Waals surface area contributed by atoms with Gasteiger partial charge in [-0.15, -0.1) is 0 Å². The van der Waals surface area contributed by atoms with E-state index in [1.807, 2.05) is 30.3 Å². The van der Waals surface area contributed by atoms with Crippen LogP contribution in [0.5, 0.6) is 0 Å². The van der Waals surface area contributed by atoms with Crippen LogP contribution in [0, 0.1) is 6.92 Å². The minimum atomic E-state index is -0.0915. The summed E-state index contributed by atoms with van der Waals surface area (Å²) in [5.41, 5.74) is 6.58. The SMILES string of the molecule is [CH2]C(N)c1ccccc1. The Kier molecular flexibility index (Phi) is 1.85. The van der Waals surface area contributed by atoms with Gasteiger partial charge in [0.1, 0.15) is 0 Å². The van der Waals surface area contributed by atoms with Crippen LogP contribution in [0.2, 0.25) is 0 Å². The second kappa shape index (κ2) is 2.65. The van der Waals surface area contributed by atoms with Gasteiger partial charge in [-0.25, -0.2) is 0 Å². The fraction of sp³-hybridized carbons (Fsp3) is 0.125. The Morgan fingerprint density at radius 3 is 2.11 bits per heavy atom. The van der Waals surface area contributed by atoms with Gasteiger partial charge in [-0.1, -0.05) is 30.3 Å². The van der Waals surface area contributed by atoms with E-state index in [-0.39, 0.29) is 6.04 Å². The first kappa shape index (κ1) is 6.30. The summed E-state index contributed by atoms with van der Waals surface area (Å²) in [6.07, 6.45) is 0. The van der Waals surface area contributed by atoms with Crippen molar-refractivity contribution in [2.75, 3.05) is 0 Å². The van der Waals surface area contributed by atoms with Crippen LogP contribution in [0.3, 0.4) is 0 Å². The van der Waals surface area contributed by atoms with Gasteiger partial charge in [0, 0.05) is 6.04 Å². The molecule has 0 saturated carbocycles. The van der Waals surface area contributed by atoms with Crippen molar-refractivity contribution in [3.8, 4) is 0 Å². The summed E-state index contributed by atoms with van der Waals surface area (Å²) in [4.78, 5) is 0. The van der Waals surface area contributed by atoms with Crippen LogP contribution in [0.1, 0.15) is 11.6 Å². The second-order valence-electron chi connectivity index (χ2n) is 2.02. The van der Waals surface area contributed by atoms with Crippen LogP contribution >= 0.6 is 0 Å². The molecule has 47 valence electrons. The molecule has 1 nitrogen and oxygen atoms in total. The highest BCUT2D eigenvalue weighted by Gasteiger charge is 1.93. The fourth-order valence-electron chi connectivity index (χ4n) is 0.700. The van der Waals surface area contributed by atoms with Crippen molar-refractivity contribution in [1.82, 2.24) is 0 Å². The molecule has 0 aliphatic carbocycles. The van der Waals surface area contributed by atoms with Crippen molar-refractivity contribution in [2.45, 2.75) is 6.04 Å². The topological polar surface area (TPSA) is 26.0 Å². The lowest BCUT2D eigenvalue weighted by atomic mass is 10.1. The zero-order chi connectivity index (χ0) is 6.69. The average molecular weight is 120 g/mol. The van der Waals surface area contributed by atoms with E-state index in [0.29, 0.717) is 0 Å².